The predicted molar refractivity (Wildman–Crippen MR) is 133 cm³/mol. The van der Waals surface area contributed by atoms with E-state index in [4.69, 9.17) is 14.2 Å². The van der Waals surface area contributed by atoms with Gasteiger partial charge in [-0.05, 0) is 37.7 Å². The van der Waals surface area contributed by atoms with Gasteiger partial charge in [0.15, 0.2) is 5.82 Å². The first-order valence-electron chi connectivity index (χ1n) is 12.6. The summed E-state index contributed by atoms with van der Waals surface area (Å²) in [5, 5.41) is 7.59. The quantitative estimate of drug-likeness (QED) is 0.485. The lowest BCUT2D eigenvalue weighted by atomic mass is 9.79. The minimum Gasteiger partial charge on any atom is -0.378 e. The van der Waals surface area contributed by atoms with Gasteiger partial charge < -0.3 is 19.6 Å². The van der Waals surface area contributed by atoms with Crippen LogP contribution in [0.4, 0.5) is 4.39 Å². The highest BCUT2D eigenvalue weighted by Gasteiger charge is 2.35. The van der Waals surface area contributed by atoms with Crippen LogP contribution in [0.3, 0.4) is 0 Å². The monoisotopic (exact) mass is 519 g/mol. The SMILES string of the molecule is Cc1nocc1CN[C@H](c1nc2c(F)c(C3COCCN3S(C)(=O)=O)ccc2[nH]1)C1CCC(C)CC1. The maximum Gasteiger partial charge on any atom is 0.211 e. The Morgan fingerprint density at radius 2 is 2.06 bits per heavy atom. The molecule has 11 heteroatoms. The van der Waals surface area contributed by atoms with E-state index in [2.05, 4.69) is 22.4 Å². The van der Waals surface area contributed by atoms with E-state index in [9.17, 15) is 8.42 Å². The van der Waals surface area contributed by atoms with Crippen LogP contribution in [-0.4, -0.2) is 53.9 Å². The molecule has 0 amide bonds. The third-order valence-electron chi connectivity index (χ3n) is 7.69. The molecule has 196 valence electrons. The molecule has 0 spiro atoms. The molecule has 2 fully saturated rings. The van der Waals surface area contributed by atoms with Crippen molar-refractivity contribution in [3.63, 3.8) is 0 Å². The van der Waals surface area contributed by atoms with Gasteiger partial charge in [0.05, 0.1) is 42.8 Å². The van der Waals surface area contributed by atoms with Crippen LogP contribution in [0.2, 0.25) is 0 Å². The molecule has 2 aromatic heterocycles. The van der Waals surface area contributed by atoms with E-state index in [1.807, 2.05) is 6.92 Å². The normalized spacial score (nSPS) is 24.8. The molecule has 5 rings (SSSR count). The second-order valence-electron chi connectivity index (χ2n) is 10.3. The minimum atomic E-state index is -3.52. The largest absolute Gasteiger partial charge is 0.378 e. The maximum absolute atomic E-state index is 15.8. The average molecular weight is 520 g/mol. The van der Waals surface area contributed by atoms with Crippen LogP contribution in [0.1, 0.15) is 67.3 Å². The van der Waals surface area contributed by atoms with Crippen molar-refractivity contribution >= 4 is 21.1 Å². The van der Waals surface area contributed by atoms with Crippen molar-refractivity contribution in [1.29, 1.82) is 0 Å². The molecule has 36 heavy (non-hydrogen) atoms. The predicted octanol–water partition coefficient (Wildman–Crippen LogP) is 3.99. The molecule has 1 aliphatic heterocycles. The smallest absolute Gasteiger partial charge is 0.211 e. The Hall–Kier alpha value is -2.34. The second kappa shape index (κ2) is 10.2. The first-order valence-corrected chi connectivity index (χ1v) is 14.4. The van der Waals surface area contributed by atoms with E-state index in [0.717, 1.165) is 43.2 Å². The molecule has 1 aromatic carbocycles. The molecule has 2 aliphatic rings. The van der Waals surface area contributed by atoms with E-state index in [1.165, 1.54) is 4.31 Å². The number of aromatic amines is 1. The number of aromatic nitrogens is 3. The van der Waals surface area contributed by atoms with E-state index < -0.39 is 21.9 Å². The molecule has 3 aromatic rings. The Balaban J connectivity index is 1.48. The van der Waals surface area contributed by atoms with Crippen LogP contribution in [0.25, 0.3) is 11.0 Å². The van der Waals surface area contributed by atoms with Gasteiger partial charge in [-0.15, -0.1) is 0 Å². The van der Waals surface area contributed by atoms with Crippen molar-refractivity contribution < 1.29 is 22.1 Å². The maximum atomic E-state index is 15.8. The highest BCUT2D eigenvalue weighted by molar-refractivity contribution is 7.88. The van der Waals surface area contributed by atoms with E-state index in [-0.39, 0.29) is 30.3 Å². The topological polar surface area (TPSA) is 113 Å². The number of hydrogen-bond donors (Lipinski definition) is 2. The number of halogens is 1. The van der Waals surface area contributed by atoms with Gasteiger partial charge in [0.1, 0.15) is 17.6 Å². The summed E-state index contributed by atoms with van der Waals surface area (Å²) in [6, 6.07) is 2.61. The highest BCUT2D eigenvalue weighted by atomic mass is 32.2. The van der Waals surface area contributed by atoms with Gasteiger partial charge in [-0.25, -0.2) is 17.8 Å². The molecule has 0 bridgehead atoms. The standard InChI is InChI=1S/C25H34FN5O4S/c1-15-4-6-17(7-5-15)23(27-12-18-13-35-30-16(18)2)25-28-20-9-8-19(22(26)24(20)29-25)21-14-34-11-10-31(21)36(3,32)33/h8-9,13,15,17,21,23,27H,4-7,10-12,14H2,1-3H3,(H,28,29)/t15?,17?,21?,23-/m0/s1. The highest BCUT2D eigenvalue weighted by Crippen LogP contribution is 2.38. The fourth-order valence-electron chi connectivity index (χ4n) is 5.52. The third-order valence-corrected chi connectivity index (χ3v) is 8.98. The van der Waals surface area contributed by atoms with Gasteiger partial charge in [-0.3, -0.25) is 0 Å². The Morgan fingerprint density at radius 1 is 1.28 bits per heavy atom. The van der Waals surface area contributed by atoms with Crippen LogP contribution < -0.4 is 5.32 Å². The Morgan fingerprint density at radius 3 is 2.75 bits per heavy atom. The van der Waals surface area contributed by atoms with Crippen LogP contribution in [-0.2, 0) is 21.3 Å². The fourth-order valence-corrected chi connectivity index (χ4v) is 6.56. The summed E-state index contributed by atoms with van der Waals surface area (Å²) in [6.45, 7) is 5.35. The molecular weight excluding hydrogens is 485 g/mol. The number of hydrogen-bond acceptors (Lipinski definition) is 7. The third kappa shape index (κ3) is 5.06. The first kappa shape index (κ1) is 25.3. The zero-order chi connectivity index (χ0) is 25.4. The summed E-state index contributed by atoms with van der Waals surface area (Å²) < 4.78 is 52.4. The van der Waals surface area contributed by atoms with E-state index in [1.54, 1.807) is 18.4 Å². The number of rotatable bonds is 7. The van der Waals surface area contributed by atoms with Crippen molar-refractivity contribution in [1.82, 2.24) is 24.7 Å². The molecule has 1 unspecified atom stereocenters. The van der Waals surface area contributed by atoms with Gasteiger partial charge in [0.25, 0.3) is 0 Å². The number of morpholine rings is 1. The summed E-state index contributed by atoms with van der Waals surface area (Å²) in [4.78, 5) is 8.08. The lowest BCUT2D eigenvalue weighted by Gasteiger charge is -2.33. The summed E-state index contributed by atoms with van der Waals surface area (Å²) >= 11 is 0. The Kier molecular flexibility index (Phi) is 7.17. The summed E-state index contributed by atoms with van der Waals surface area (Å²) in [7, 11) is -3.52. The van der Waals surface area contributed by atoms with Gasteiger partial charge in [-0.2, -0.15) is 4.31 Å². The first-order chi connectivity index (χ1) is 17.2. The average Bonchev–Trinajstić information content (AvgIpc) is 3.47. The number of nitrogens with zero attached hydrogens (tertiary/aromatic N) is 3. The van der Waals surface area contributed by atoms with Gasteiger partial charge in [0.2, 0.25) is 10.0 Å². The molecule has 9 nitrogen and oxygen atoms in total. The molecule has 1 saturated carbocycles. The summed E-state index contributed by atoms with van der Waals surface area (Å²) in [5.41, 5.74) is 2.90. The molecule has 2 N–H and O–H groups in total. The van der Waals surface area contributed by atoms with Crippen molar-refractivity contribution in [2.75, 3.05) is 26.0 Å². The Bertz CT molecular complexity index is 1320. The minimum absolute atomic E-state index is 0.0902. The number of fused-ring (bicyclic) bond motifs is 1. The number of imidazole rings is 1. The van der Waals surface area contributed by atoms with Crippen LogP contribution in [0.15, 0.2) is 22.9 Å². The number of benzene rings is 1. The van der Waals surface area contributed by atoms with Crippen LogP contribution in [0, 0.1) is 24.6 Å². The summed E-state index contributed by atoms with van der Waals surface area (Å²) in [6.07, 6.45) is 7.22. The van der Waals surface area contributed by atoms with Crippen molar-refractivity contribution in [3.8, 4) is 0 Å². The van der Waals surface area contributed by atoms with E-state index >= 15 is 4.39 Å². The van der Waals surface area contributed by atoms with Crippen molar-refractivity contribution in [2.45, 2.75) is 58.2 Å². The summed E-state index contributed by atoms with van der Waals surface area (Å²) in [5.74, 6) is 1.24. The molecule has 2 atom stereocenters. The van der Waals surface area contributed by atoms with Gasteiger partial charge in [0, 0.05) is 24.2 Å². The van der Waals surface area contributed by atoms with Crippen LogP contribution >= 0.6 is 0 Å². The molecule has 1 aliphatic carbocycles. The van der Waals surface area contributed by atoms with Crippen molar-refractivity contribution in [3.05, 3.63) is 46.9 Å². The molecule has 3 heterocycles. The number of nitrogens with one attached hydrogen (secondary N) is 2. The van der Waals surface area contributed by atoms with Gasteiger partial charge in [-0.1, -0.05) is 31.0 Å². The lowest BCUT2D eigenvalue weighted by molar-refractivity contribution is 0.0312. The van der Waals surface area contributed by atoms with Crippen molar-refractivity contribution in [2.24, 2.45) is 11.8 Å². The zero-order valence-electron chi connectivity index (χ0n) is 21.0. The van der Waals surface area contributed by atoms with Gasteiger partial charge >= 0.3 is 0 Å². The van der Waals surface area contributed by atoms with E-state index in [0.29, 0.717) is 36.3 Å². The number of ether oxygens (including phenoxy) is 1. The number of sulfonamides is 1. The Labute approximate surface area is 210 Å². The molecular formula is C25H34FN5O4S. The number of aryl methyl sites for hydroxylation is 1. The number of H-pyrrole nitrogens is 1. The molecule has 1 saturated heterocycles. The van der Waals surface area contributed by atoms with Crippen LogP contribution in [0.5, 0.6) is 0 Å². The zero-order valence-corrected chi connectivity index (χ0v) is 21.8. The lowest BCUT2D eigenvalue weighted by Crippen LogP contribution is -2.43. The second-order valence-corrected chi connectivity index (χ2v) is 12.2. The fraction of sp³-hybridized carbons (Fsp3) is 0.600. The molecule has 0 radical (unpaired) electrons.